The number of benzene rings is 3. The summed E-state index contributed by atoms with van der Waals surface area (Å²) in [6.07, 6.45) is 0. The smallest absolute Gasteiger partial charge is 0.194 e. The van der Waals surface area contributed by atoms with Crippen molar-refractivity contribution in [3.63, 3.8) is 0 Å². The first-order chi connectivity index (χ1) is 14.6. The van der Waals surface area contributed by atoms with Gasteiger partial charge in [0.25, 0.3) is 0 Å². The Balaban J connectivity index is 2.06. The molecule has 1 heterocycles. The molecule has 5 rings (SSSR count). The maximum atomic E-state index is 2.44. The lowest BCUT2D eigenvalue weighted by molar-refractivity contribution is -0.634. The van der Waals surface area contributed by atoms with E-state index in [1.807, 2.05) is 0 Å². The fourth-order valence-electron chi connectivity index (χ4n) is 6.13. The predicted octanol–water partition coefficient (Wildman–Crippen LogP) is 7.18. The molecule has 0 saturated heterocycles. The predicted molar refractivity (Wildman–Crippen MR) is 132 cm³/mol. The van der Waals surface area contributed by atoms with Crippen LogP contribution in [-0.4, -0.2) is 0 Å². The van der Waals surface area contributed by atoms with E-state index in [9.17, 15) is 0 Å². The summed E-state index contributed by atoms with van der Waals surface area (Å²) in [5, 5.41) is 1.35. The van der Waals surface area contributed by atoms with Gasteiger partial charge in [0, 0.05) is 28.2 Å². The summed E-state index contributed by atoms with van der Waals surface area (Å²) in [7, 11) is 2.24. The lowest BCUT2D eigenvalue weighted by Crippen LogP contribution is -2.36. The Bertz CT molecular complexity index is 1400. The van der Waals surface area contributed by atoms with E-state index in [2.05, 4.69) is 109 Å². The number of pyridine rings is 1. The van der Waals surface area contributed by atoms with Gasteiger partial charge in [-0.05, 0) is 74.6 Å². The zero-order valence-corrected chi connectivity index (χ0v) is 20.1. The monoisotopic (exact) mass is 406 g/mol. The van der Waals surface area contributed by atoms with Crippen LogP contribution in [0.4, 0.5) is 0 Å². The Morgan fingerprint density at radius 3 is 2.03 bits per heavy atom. The molecule has 3 aromatic carbocycles. The van der Waals surface area contributed by atoms with E-state index in [-0.39, 0.29) is 5.41 Å². The quantitative estimate of drug-likeness (QED) is 0.295. The second-order valence-corrected chi connectivity index (χ2v) is 10.1. The average molecular weight is 407 g/mol. The standard InChI is InChI=1S/C30H32N/c1-17-13-19(3)21(5)23(15-17)29-28-26(22-11-9-10-12-25(22)31(29)8)24-16-18(2)14-20(4)27(24)30(28,6)7/h9-16H,1-8H3/q+1. The number of fused-ring (bicyclic) bond motifs is 5. The highest BCUT2D eigenvalue weighted by molar-refractivity contribution is 6.02. The van der Waals surface area contributed by atoms with Gasteiger partial charge in [-0.15, -0.1) is 0 Å². The summed E-state index contributed by atoms with van der Waals surface area (Å²) in [5.74, 6) is 0. The van der Waals surface area contributed by atoms with Crippen molar-refractivity contribution < 1.29 is 4.57 Å². The summed E-state index contributed by atoms with van der Waals surface area (Å²) in [5.41, 5.74) is 16.5. The van der Waals surface area contributed by atoms with Crippen LogP contribution < -0.4 is 4.57 Å². The Morgan fingerprint density at radius 1 is 0.710 bits per heavy atom. The molecule has 0 radical (unpaired) electrons. The van der Waals surface area contributed by atoms with Gasteiger partial charge in [-0.25, -0.2) is 0 Å². The highest BCUT2D eigenvalue weighted by atomic mass is 14.9. The molecule has 0 bridgehead atoms. The molecule has 1 nitrogen and oxygen atoms in total. The van der Waals surface area contributed by atoms with E-state index in [1.54, 1.807) is 0 Å². The van der Waals surface area contributed by atoms with Gasteiger partial charge in [0.1, 0.15) is 7.05 Å². The van der Waals surface area contributed by atoms with Gasteiger partial charge in [-0.1, -0.05) is 55.3 Å². The van der Waals surface area contributed by atoms with Crippen LogP contribution in [0, 0.1) is 34.6 Å². The summed E-state index contributed by atoms with van der Waals surface area (Å²) in [4.78, 5) is 0. The fourth-order valence-corrected chi connectivity index (χ4v) is 6.13. The van der Waals surface area contributed by atoms with Crippen molar-refractivity contribution in [1.29, 1.82) is 0 Å². The van der Waals surface area contributed by atoms with Crippen molar-refractivity contribution in [2.24, 2.45) is 7.05 Å². The topological polar surface area (TPSA) is 3.88 Å². The van der Waals surface area contributed by atoms with Crippen molar-refractivity contribution in [1.82, 2.24) is 0 Å². The summed E-state index contributed by atoms with van der Waals surface area (Å²) in [6.45, 7) is 16.1. The molecule has 1 aliphatic rings. The number of hydrogen-bond acceptors (Lipinski definition) is 0. The Morgan fingerprint density at radius 2 is 1.32 bits per heavy atom. The molecule has 156 valence electrons. The van der Waals surface area contributed by atoms with Crippen LogP contribution >= 0.6 is 0 Å². The average Bonchev–Trinajstić information content (AvgIpc) is 2.93. The van der Waals surface area contributed by atoms with Gasteiger partial charge in [0.05, 0.1) is 5.39 Å². The number of aromatic nitrogens is 1. The minimum absolute atomic E-state index is 0.0658. The first-order valence-electron chi connectivity index (χ1n) is 11.3. The van der Waals surface area contributed by atoms with E-state index in [4.69, 9.17) is 0 Å². The highest BCUT2D eigenvalue weighted by Gasteiger charge is 2.44. The van der Waals surface area contributed by atoms with E-state index < -0.39 is 0 Å². The minimum Gasteiger partial charge on any atom is -0.194 e. The van der Waals surface area contributed by atoms with Crippen molar-refractivity contribution in [2.75, 3.05) is 0 Å². The zero-order chi connectivity index (χ0) is 22.2. The first-order valence-corrected chi connectivity index (χ1v) is 11.3. The van der Waals surface area contributed by atoms with E-state index >= 15 is 0 Å². The molecular formula is C30H32N+. The van der Waals surface area contributed by atoms with Crippen LogP contribution in [0.1, 0.15) is 52.8 Å². The number of hydrogen-bond donors (Lipinski definition) is 0. The van der Waals surface area contributed by atoms with Crippen molar-refractivity contribution in [3.8, 4) is 22.4 Å². The van der Waals surface area contributed by atoms with Crippen LogP contribution in [0.3, 0.4) is 0 Å². The zero-order valence-electron chi connectivity index (χ0n) is 20.1. The number of rotatable bonds is 1. The van der Waals surface area contributed by atoms with E-state index in [1.165, 1.54) is 72.2 Å². The summed E-state index contributed by atoms with van der Waals surface area (Å²) in [6, 6.07) is 18.3. The Labute approximate surface area is 186 Å². The number of nitrogens with zero attached hydrogens (tertiary/aromatic N) is 1. The Hall–Kier alpha value is -2.93. The Kier molecular flexibility index (Phi) is 4.21. The van der Waals surface area contributed by atoms with Crippen LogP contribution in [0.25, 0.3) is 33.3 Å². The van der Waals surface area contributed by atoms with Crippen LogP contribution in [0.2, 0.25) is 0 Å². The molecule has 31 heavy (non-hydrogen) atoms. The first kappa shape index (κ1) is 20.0. The molecule has 4 aromatic rings. The van der Waals surface area contributed by atoms with Crippen LogP contribution in [0.15, 0.2) is 48.5 Å². The maximum Gasteiger partial charge on any atom is 0.217 e. The van der Waals surface area contributed by atoms with E-state index in [0.29, 0.717) is 0 Å². The van der Waals surface area contributed by atoms with Gasteiger partial charge < -0.3 is 0 Å². The molecule has 0 spiro atoms. The second-order valence-electron chi connectivity index (χ2n) is 10.1. The highest BCUT2D eigenvalue weighted by Crippen LogP contribution is 2.55. The molecule has 1 aliphatic carbocycles. The number of para-hydroxylation sites is 1. The fraction of sp³-hybridized carbons (Fsp3) is 0.300. The van der Waals surface area contributed by atoms with Gasteiger partial charge in [-0.2, -0.15) is 4.57 Å². The summed E-state index contributed by atoms with van der Waals surface area (Å²) >= 11 is 0. The van der Waals surface area contributed by atoms with Gasteiger partial charge in [-0.3, -0.25) is 0 Å². The molecule has 1 heteroatoms. The normalized spacial score (nSPS) is 14.1. The van der Waals surface area contributed by atoms with Crippen molar-refractivity contribution in [3.05, 3.63) is 87.5 Å². The maximum absolute atomic E-state index is 2.44. The third-order valence-electron chi connectivity index (χ3n) is 7.42. The SMILES string of the molecule is Cc1cc(C)c(C)c(-c2c3c(c4ccccc4[n+]2C)-c2cc(C)cc(C)c2C3(C)C)c1. The van der Waals surface area contributed by atoms with Crippen LogP contribution in [0.5, 0.6) is 0 Å². The lowest BCUT2D eigenvalue weighted by Gasteiger charge is -2.25. The largest absolute Gasteiger partial charge is 0.217 e. The molecular weight excluding hydrogens is 374 g/mol. The third-order valence-corrected chi connectivity index (χ3v) is 7.42. The van der Waals surface area contributed by atoms with E-state index in [0.717, 1.165) is 0 Å². The molecule has 0 atom stereocenters. The van der Waals surface area contributed by atoms with Gasteiger partial charge in [0.2, 0.25) is 11.2 Å². The number of aryl methyl sites for hydroxylation is 5. The molecule has 0 amide bonds. The lowest BCUT2D eigenvalue weighted by atomic mass is 9.77. The van der Waals surface area contributed by atoms with Gasteiger partial charge >= 0.3 is 0 Å². The second kappa shape index (κ2) is 6.53. The van der Waals surface area contributed by atoms with Crippen molar-refractivity contribution >= 4 is 10.9 Å². The molecule has 0 fully saturated rings. The molecule has 0 saturated carbocycles. The summed E-state index contributed by atoms with van der Waals surface area (Å²) < 4.78 is 2.44. The van der Waals surface area contributed by atoms with Gasteiger partial charge in [0.15, 0.2) is 0 Å². The molecule has 0 unspecified atom stereocenters. The molecule has 1 aromatic heterocycles. The minimum atomic E-state index is -0.0658. The molecule has 0 N–H and O–H groups in total. The molecule has 0 aliphatic heterocycles. The third kappa shape index (κ3) is 2.65. The van der Waals surface area contributed by atoms with Crippen molar-refractivity contribution in [2.45, 2.75) is 53.9 Å². The van der Waals surface area contributed by atoms with Crippen LogP contribution in [-0.2, 0) is 12.5 Å².